The van der Waals surface area contributed by atoms with E-state index in [1.54, 1.807) is 13.2 Å². The Kier molecular flexibility index (Phi) is 3.49. The summed E-state index contributed by atoms with van der Waals surface area (Å²) in [6.45, 7) is 0. The maximum absolute atomic E-state index is 11.8. The molecule has 0 amide bonds. The van der Waals surface area contributed by atoms with Gasteiger partial charge in [-0.1, -0.05) is 30.3 Å². The zero-order valence-corrected chi connectivity index (χ0v) is 14.8. The number of anilines is 1. The first-order valence-corrected chi connectivity index (χ1v) is 9.44. The molecule has 0 radical (unpaired) electrons. The molecule has 2 N–H and O–H groups in total. The first kappa shape index (κ1) is 15.7. The number of hydrogen-bond acceptors (Lipinski definition) is 3. The van der Waals surface area contributed by atoms with E-state index in [2.05, 4.69) is 17.4 Å². The predicted octanol–water partition coefficient (Wildman–Crippen LogP) is 4.69. The lowest BCUT2D eigenvalue weighted by molar-refractivity contribution is 0.0697. The molecule has 2 saturated carbocycles. The molecule has 26 heavy (non-hydrogen) atoms. The van der Waals surface area contributed by atoms with Crippen LogP contribution in [0.2, 0.25) is 0 Å². The van der Waals surface area contributed by atoms with E-state index in [-0.39, 0.29) is 6.04 Å². The van der Waals surface area contributed by atoms with Gasteiger partial charge in [0, 0.05) is 5.56 Å². The van der Waals surface area contributed by atoms with Gasteiger partial charge in [-0.2, -0.15) is 0 Å². The fourth-order valence-electron chi connectivity index (χ4n) is 5.92. The lowest BCUT2D eigenvalue weighted by Gasteiger charge is -2.44. The number of rotatable bonds is 3. The lowest BCUT2D eigenvalue weighted by Crippen LogP contribution is -2.36. The minimum absolute atomic E-state index is 0.0967. The van der Waals surface area contributed by atoms with E-state index in [1.165, 1.54) is 24.8 Å². The van der Waals surface area contributed by atoms with Gasteiger partial charge < -0.3 is 15.2 Å². The predicted molar refractivity (Wildman–Crippen MR) is 99.8 cm³/mol. The van der Waals surface area contributed by atoms with Crippen molar-refractivity contribution >= 4 is 11.7 Å². The van der Waals surface area contributed by atoms with Crippen molar-refractivity contribution < 1.29 is 14.6 Å². The Hall–Kier alpha value is -2.49. The van der Waals surface area contributed by atoms with Gasteiger partial charge >= 0.3 is 5.97 Å². The minimum Gasteiger partial charge on any atom is -0.496 e. The molecule has 3 aliphatic rings. The number of hydrogen-bond donors (Lipinski definition) is 2. The Morgan fingerprint density at radius 1 is 1.08 bits per heavy atom. The summed E-state index contributed by atoms with van der Waals surface area (Å²) in [5.41, 5.74) is 3.53. The maximum Gasteiger partial charge on any atom is 0.337 e. The largest absolute Gasteiger partial charge is 0.496 e. The van der Waals surface area contributed by atoms with E-state index in [0.717, 1.165) is 17.0 Å². The Labute approximate surface area is 153 Å². The summed E-state index contributed by atoms with van der Waals surface area (Å²) in [6, 6.07) is 14.0. The topological polar surface area (TPSA) is 58.6 Å². The van der Waals surface area contributed by atoms with Gasteiger partial charge in [-0.05, 0) is 60.6 Å². The van der Waals surface area contributed by atoms with E-state index in [4.69, 9.17) is 4.74 Å². The van der Waals surface area contributed by atoms with Gasteiger partial charge in [0.25, 0.3) is 0 Å². The van der Waals surface area contributed by atoms with Crippen LogP contribution in [0, 0.1) is 17.8 Å². The van der Waals surface area contributed by atoms with E-state index >= 15 is 0 Å². The molecule has 2 aromatic carbocycles. The molecule has 5 atom stereocenters. The highest BCUT2D eigenvalue weighted by Gasteiger charge is 2.54. The van der Waals surface area contributed by atoms with Gasteiger partial charge in [-0.25, -0.2) is 4.79 Å². The molecule has 5 rings (SSSR count). The quantitative estimate of drug-likeness (QED) is 0.844. The Bertz CT molecular complexity index is 877. The summed E-state index contributed by atoms with van der Waals surface area (Å²) < 4.78 is 5.64. The first-order valence-electron chi connectivity index (χ1n) is 9.44. The molecule has 0 aromatic heterocycles. The van der Waals surface area contributed by atoms with Gasteiger partial charge in [-0.3, -0.25) is 0 Å². The molecule has 2 aliphatic carbocycles. The van der Waals surface area contributed by atoms with E-state index in [1.807, 2.05) is 24.3 Å². The summed E-state index contributed by atoms with van der Waals surface area (Å²) in [5.74, 6) is 2.33. The van der Waals surface area contributed by atoms with Crippen molar-refractivity contribution in [3.63, 3.8) is 0 Å². The van der Waals surface area contributed by atoms with Crippen molar-refractivity contribution in [2.75, 3.05) is 12.4 Å². The van der Waals surface area contributed by atoms with Crippen LogP contribution in [0.25, 0.3) is 0 Å². The molecule has 0 spiro atoms. The number of ether oxygens (including phenoxy) is 1. The molecule has 2 aromatic rings. The highest BCUT2D eigenvalue weighted by molar-refractivity contribution is 5.95. The molecule has 0 unspecified atom stereocenters. The molecule has 4 nitrogen and oxygen atoms in total. The van der Waals surface area contributed by atoms with Crippen LogP contribution in [0.5, 0.6) is 5.75 Å². The highest BCUT2D eigenvalue weighted by Crippen LogP contribution is 2.64. The molecule has 0 saturated heterocycles. The summed E-state index contributed by atoms with van der Waals surface area (Å²) in [6.07, 6.45) is 3.81. The smallest absolute Gasteiger partial charge is 0.337 e. The Morgan fingerprint density at radius 3 is 2.65 bits per heavy atom. The average Bonchev–Trinajstić information content (AvgIpc) is 3.29. The number of methoxy groups -OCH3 is 1. The number of aromatic carboxylic acids is 1. The second-order valence-electron chi connectivity index (χ2n) is 7.88. The molecular weight excluding hydrogens is 326 g/mol. The van der Waals surface area contributed by atoms with Crippen molar-refractivity contribution in [1.82, 2.24) is 0 Å². The molecule has 2 fully saturated rings. The van der Waals surface area contributed by atoms with Crippen molar-refractivity contribution in [1.29, 1.82) is 0 Å². The second-order valence-corrected chi connectivity index (χ2v) is 7.88. The van der Waals surface area contributed by atoms with Crippen LogP contribution in [-0.2, 0) is 0 Å². The van der Waals surface area contributed by atoms with Crippen LogP contribution in [0.3, 0.4) is 0 Å². The molecule has 1 aliphatic heterocycles. The van der Waals surface area contributed by atoms with Crippen LogP contribution in [0.15, 0.2) is 42.5 Å². The average molecular weight is 349 g/mol. The summed E-state index contributed by atoms with van der Waals surface area (Å²) in [4.78, 5) is 11.8. The Balaban J connectivity index is 1.69. The SMILES string of the molecule is COc1ccccc1[C@H]1Nc2c(C(=O)O)cccc2[C@H]2[C@H]3CC[C@@H](C3)[C@H]21. The van der Waals surface area contributed by atoms with Crippen LogP contribution >= 0.6 is 0 Å². The zero-order chi connectivity index (χ0) is 17.8. The number of nitrogens with one attached hydrogen (secondary N) is 1. The normalized spacial score (nSPS) is 31.0. The van der Waals surface area contributed by atoms with Gasteiger partial charge in [0.2, 0.25) is 0 Å². The molecular formula is C22H23NO3. The van der Waals surface area contributed by atoms with E-state index < -0.39 is 5.97 Å². The number of para-hydroxylation sites is 2. The summed E-state index contributed by atoms with van der Waals surface area (Å²) >= 11 is 0. The fraction of sp³-hybridized carbons (Fsp3) is 0.409. The van der Waals surface area contributed by atoms with Crippen LogP contribution < -0.4 is 10.1 Å². The summed E-state index contributed by atoms with van der Waals surface area (Å²) in [5, 5.41) is 13.3. The van der Waals surface area contributed by atoms with Crippen LogP contribution in [0.4, 0.5) is 5.69 Å². The number of carbonyl (C=O) groups is 1. The van der Waals surface area contributed by atoms with Gasteiger partial charge in [-0.15, -0.1) is 0 Å². The maximum atomic E-state index is 11.8. The number of fused-ring (bicyclic) bond motifs is 7. The standard InChI is InChI=1S/C22H23NO3/c1-26-17-8-3-2-5-14(17)21-19-13-10-9-12(11-13)18(19)15-6-4-7-16(22(24)25)20(15)23-21/h2-8,12-13,18-19,21,23H,9-11H2,1H3,(H,24,25)/t12-,13-,18+,19+,21+/m0/s1. The fourth-order valence-corrected chi connectivity index (χ4v) is 5.92. The first-order chi connectivity index (χ1) is 12.7. The third-order valence-corrected chi connectivity index (χ3v) is 6.83. The minimum atomic E-state index is -0.866. The Morgan fingerprint density at radius 2 is 1.85 bits per heavy atom. The van der Waals surface area contributed by atoms with Crippen molar-refractivity contribution in [2.45, 2.75) is 31.2 Å². The number of benzene rings is 2. The van der Waals surface area contributed by atoms with E-state index in [0.29, 0.717) is 29.2 Å². The van der Waals surface area contributed by atoms with Gasteiger partial charge in [0.15, 0.2) is 0 Å². The molecule has 2 bridgehead atoms. The summed E-state index contributed by atoms with van der Waals surface area (Å²) in [7, 11) is 1.70. The zero-order valence-electron chi connectivity index (χ0n) is 14.8. The number of carboxylic acids is 1. The third-order valence-electron chi connectivity index (χ3n) is 6.83. The monoisotopic (exact) mass is 349 g/mol. The third kappa shape index (κ3) is 2.11. The van der Waals surface area contributed by atoms with Crippen LogP contribution in [-0.4, -0.2) is 18.2 Å². The molecule has 4 heteroatoms. The van der Waals surface area contributed by atoms with Crippen molar-refractivity contribution in [3.8, 4) is 5.75 Å². The van der Waals surface area contributed by atoms with Gasteiger partial charge in [0.1, 0.15) is 5.75 Å². The lowest BCUT2D eigenvalue weighted by atomic mass is 9.67. The highest BCUT2D eigenvalue weighted by atomic mass is 16.5. The van der Waals surface area contributed by atoms with Gasteiger partial charge in [0.05, 0.1) is 24.4 Å². The molecule has 1 heterocycles. The van der Waals surface area contributed by atoms with Crippen LogP contribution in [0.1, 0.15) is 52.7 Å². The van der Waals surface area contributed by atoms with Crippen molar-refractivity contribution in [3.05, 3.63) is 59.2 Å². The molecule has 134 valence electrons. The van der Waals surface area contributed by atoms with Crippen molar-refractivity contribution in [2.24, 2.45) is 17.8 Å². The second kappa shape index (κ2) is 5.76. The van der Waals surface area contributed by atoms with E-state index in [9.17, 15) is 9.90 Å². The number of carboxylic acid groups (broad SMARTS) is 1.